The molecule has 0 heterocycles. The monoisotopic (exact) mass is 313 g/mol. The lowest BCUT2D eigenvalue weighted by atomic mass is 9.88. The van der Waals surface area contributed by atoms with E-state index in [2.05, 4.69) is 4.99 Å². The molecule has 2 rings (SSSR count). The standard InChI is InChI=1S/C14H16FNO4S/c1-20-13-10(14(16-9-17)7-3-4-8-14)5-6-11(12(13)15)21(2,18)19/h5-6H,3-4,7-8H2,1-2H3. The molecule has 7 heteroatoms. The first-order valence-corrected chi connectivity index (χ1v) is 8.41. The number of benzene rings is 1. The normalized spacial score (nSPS) is 17.3. The second kappa shape index (κ2) is 5.58. The average Bonchev–Trinajstić information content (AvgIpc) is 2.87. The zero-order valence-electron chi connectivity index (χ0n) is 11.8. The minimum Gasteiger partial charge on any atom is -0.493 e. The van der Waals surface area contributed by atoms with Crippen LogP contribution in [0.5, 0.6) is 5.75 Å². The van der Waals surface area contributed by atoms with E-state index in [0.29, 0.717) is 18.4 Å². The van der Waals surface area contributed by atoms with Crippen LogP contribution in [0.4, 0.5) is 4.39 Å². The molecule has 0 aliphatic heterocycles. The van der Waals surface area contributed by atoms with Crippen LogP contribution in [0.3, 0.4) is 0 Å². The number of nitrogens with zero attached hydrogens (tertiary/aromatic N) is 1. The fourth-order valence-corrected chi connectivity index (χ4v) is 3.61. The van der Waals surface area contributed by atoms with Crippen molar-refractivity contribution in [1.82, 2.24) is 0 Å². The number of sulfone groups is 1. The summed E-state index contributed by atoms with van der Waals surface area (Å²) in [5, 5.41) is 0. The quantitative estimate of drug-likeness (QED) is 0.632. The van der Waals surface area contributed by atoms with E-state index in [9.17, 15) is 17.6 Å². The molecule has 1 saturated carbocycles. The molecule has 114 valence electrons. The lowest BCUT2D eigenvalue weighted by Crippen LogP contribution is -2.21. The van der Waals surface area contributed by atoms with E-state index in [-0.39, 0.29) is 5.75 Å². The van der Waals surface area contributed by atoms with Crippen molar-refractivity contribution in [1.29, 1.82) is 0 Å². The zero-order chi connectivity index (χ0) is 15.7. The van der Waals surface area contributed by atoms with Crippen LogP contribution in [0.2, 0.25) is 0 Å². The summed E-state index contributed by atoms with van der Waals surface area (Å²) in [5.74, 6) is -1.11. The molecule has 0 amide bonds. The van der Waals surface area contributed by atoms with Gasteiger partial charge in [-0.2, -0.15) is 4.99 Å². The van der Waals surface area contributed by atoms with Gasteiger partial charge in [-0.1, -0.05) is 18.9 Å². The maximum absolute atomic E-state index is 14.4. The van der Waals surface area contributed by atoms with Gasteiger partial charge < -0.3 is 4.74 Å². The Hall–Kier alpha value is -1.72. The molecular weight excluding hydrogens is 297 g/mol. The van der Waals surface area contributed by atoms with Crippen molar-refractivity contribution in [3.05, 3.63) is 23.5 Å². The van der Waals surface area contributed by atoms with E-state index in [1.54, 1.807) is 6.08 Å². The van der Waals surface area contributed by atoms with Gasteiger partial charge in [0.1, 0.15) is 10.4 Å². The first kappa shape index (κ1) is 15.7. The Balaban J connectivity index is 2.71. The Morgan fingerprint density at radius 1 is 1.33 bits per heavy atom. The van der Waals surface area contributed by atoms with Gasteiger partial charge in [0, 0.05) is 11.8 Å². The summed E-state index contributed by atoms with van der Waals surface area (Å²) in [6, 6.07) is 2.67. The largest absolute Gasteiger partial charge is 0.493 e. The summed E-state index contributed by atoms with van der Waals surface area (Å²) >= 11 is 0. The molecule has 0 spiro atoms. The average molecular weight is 313 g/mol. The highest BCUT2D eigenvalue weighted by Crippen LogP contribution is 2.47. The Bertz CT molecular complexity index is 702. The van der Waals surface area contributed by atoms with Gasteiger partial charge in [0.15, 0.2) is 21.4 Å². The molecule has 5 nitrogen and oxygen atoms in total. The molecule has 1 aromatic rings. The van der Waals surface area contributed by atoms with Crippen molar-refractivity contribution in [2.75, 3.05) is 13.4 Å². The van der Waals surface area contributed by atoms with Crippen LogP contribution in [0.15, 0.2) is 22.0 Å². The van der Waals surface area contributed by atoms with Crippen molar-refractivity contribution in [2.24, 2.45) is 4.99 Å². The number of methoxy groups -OCH3 is 1. The van der Waals surface area contributed by atoms with Gasteiger partial charge in [0.2, 0.25) is 6.08 Å². The summed E-state index contributed by atoms with van der Waals surface area (Å²) in [4.78, 5) is 14.2. The number of halogens is 1. The van der Waals surface area contributed by atoms with Crippen LogP contribution in [0, 0.1) is 5.82 Å². The van der Waals surface area contributed by atoms with Crippen molar-refractivity contribution < 1.29 is 22.3 Å². The number of rotatable bonds is 4. The van der Waals surface area contributed by atoms with E-state index in [1.807, 2.05) is 0 Å². The predicted molar refractivity (Wildman–Crippen MR) is 74.3 cm³/mol. The van der Waals surface area contributed by atoms with E-state index in [0.717, 1.165) is 19.1 Å². The highest BCUT2D eigenvalue weighted by Gasteiger charge is 2.39. The van der Waals surface area contributed by atoms with Crippen LogP contribution in [-0.2, 0) is 20.2 Å². The van der Waals surface area contributed by atoms with Crippen LogP contribution >= 0.6 is 0 Å². The van der Waals surface area contributed by atoms with E-state index >= 15 is 0 Å². The van der Waals surface area contributed by atoms with Gasteiger partial charge in [0.25, 0.3) is 0 Å². The van der Waals surface area contributed by atoms with Gasteiger partial charge in [0.05, 0.1) is 7.11 Å². The summed E-state index contributed by atoms with van der Waals surface area (Å²) in [5.41, 5.74) is -0.472. The fraction of sp³-hybridized carbons (Fsp3) is 0.500. The Morgan fingerprint density at radius 2 is 1.95 bits per heavy atom. The third-order valence-electron chi connectivity index (χ3n) is 3.86. The zero-order valence-corrected chi connectivity index (χ0v) is 12.7. The number of carbonyl (C=O) groups excluding carboxylic acids is 1. The molecule has 0 saturated heterocycles. The lowest BCUT2D eigenvalue weighted by Gasteiger charge is -2.25. The first-order chi connectivity index (χ1) is 9.85. The summed E-state index contributed by atoms with van der Waals surface area (Å²) in [6.45, 7) is 0. The number of hydrogen-bond acceptors (Lipinski definition) is 5. The SMILES string of the molecule is COc1c(C2(N=C=O)CCCC2)ccc(S(C)(=O)=O)c1F. The predicted octanol–water partition coefficient (Wildman–Crippen LogP) is 2.34. The third-order valence-corrected chi connectivity index (χ3v) is 4.97. The van der Waals surface area contributed by atoms with Crippen LogP contribution in [0.25, 0.3) is 0 Å². The lowest BCUT2D eigenvalue weighted by molar-refractivity contribution is 0.352. The van der Waals surface area contributed by atoms with Gasteiger partial charge in [-0.15, -0.1) is 0 Å². The van der Waals surface area contributed by atoms with Crippen LogP contribution in [-0.4, -0.2) is 27.9 Å². The molecule has 0 radical (unpaired) electrons. The molecule has 0 bridgehead atoms. The molecule has 1 aliphatic carbocycles. The van der Waals surface area contributed by atoms with Crippen LogP contribution in [0.1, 0.15) is 31.2 Å². The van der Waals surface area contributed by atoms with Gasteiger partial charge in [-0.25, -0.2) is 17.6 Å². The smallest absolute Gasteiger partial charge is 0.235 e. The number of aliphatic imine (C=N–C) groups is 1. The van der Waals surface area contributed by atoms with Crippen molar-refractivity contribution >= 4 is 15.9 Å². The summed E-state index contributed by atoms with van der Waals surface area (Å²) < 4.78 is 42.7. The minimum absolute atomic E-state index is 0.168. The highest BCUT2D eigenvalue weighted by molar-refractivity contribution is 7.90. The van der Waals surface area contributed by atoms with Gasteiger partial charge in [-0.3, -0.25) is 0 Å². The maximum Gasteiger partial charge on any atom is 0.235 e. The van der Waals surface area contributed by atoms with E-state index in [4.69, 9.17) is 4.74 Å². The number of isocyanates is 1. The van der Waals surface area contributed by atoms with Crippen LogP contribution < -0.4 is 4.74 Å². The van der Waals surface area contributed by atoms with E-state index < -0.39 is 26.1 Å². The van der Waals surface area contributed by atoms with Crippen molar-refractivity contribution in [2.45, 2.75) is 36.1 Å². The van der Waals surface area contributed by atoms with Crippen molar-refractivity contribution in [3.8, 4) is 5.75 Å². The van der Waals surface area contributed by atoms with Crippen molar-refractivity contribution in [3.63, 3.8) is 0 Å². The molecule has 0 N–H and O–H groups in total. The molecular formula is C14H16FNO4S. The fourth-order valence-electron chi connectivity index (χ4n) is 2.88. The second-order valence-corrected chi connectivity index (χ2v) is 7.16. The number of ether oxygens (including phenoxy) is 1. The van der Waals surface area contributed by atoms with Gasteiger partial charge in [-0.05, 0) is 18.9 Å². The number of hydrogen-bond donors (Lipinski definition) is 0. The Kier molecular flexibility index (Phi) is 4.16. The molecule has 1 fully saturated rings. The molecule has 0 aromatic heterocycles. The molecule has 21 heavy (non-hydrogen) atoms. The molecule has 1 aliphatic rings. The molecule has 0 unspecified atom stereocenters. The topological polar surface area (TPSA) is 72.8 Å². The minimum atomic E-state index is -3.70. The van der Waals surface area contributed by atoms with Gasteiger partial charge >= 0.3 is 0 Å². The molecule has 0 atom stereocenters. The highest BCUT2D eigenvalue weighted by atomic mass is 32.2. The third kappa shape index (κ3) is 2.71. The Labute approximate surface area is 122 Å². The first-order valence-electron chi connectivity index (χ1n) is 6.52. The Morgan fingerprint density at radius 3 is 2.43 bits per heavy atom. The second-order valence-electron chi connectivity index (χ2n) is 5.17. The summed E-state index contributed by atoms with van der Waals surface area (Å²) in [6.07, 6.45) is 5.33. The molecule has 1 aromatic carbocycles. The van der Waals surface area contributed by atoms with E-state index in [1.165, 1.54) is 19.2 Å². The summed E-state index contributed by atoms with van der Waals surface area (Å²) in [7, 11) is -2.44. The maximum atomic E-state index is 14.4.